The summed E-state index contributed by atoms with van der Waals surface area (Å²) in [5.41, 5.74) is -1.09. The molecule has 0 heterocycles. The Bertz CT molecular complexity index is 738. The molecule has 0 amide bonds. The van der Waals surface area contributed by atoms with E-state index < -0.39 is 34.7 Å². The summed E-state index contributed by atoms with van der Waals surface area (Å²) in [7, 11) is 0. The maximum absolute atomic E-state index is 12.3. The first-order valence-electron chi connectivity index (χ1n) is 10.4. The highest BCUT2D eigenvalue weighted by Crippen LogP contribution is 2.31. The van der Waals surface area contributed by atoms with Gasteiger partial charge in [0.05, 0.1) is 10.8 Å². The van der Waals surface area contributed by atoms with Gasteiger partial charge in [0.1, 0.15) is 30.0 Å². The van der Waals surface area contributed by atoms with Crippen LogP contribution in [0.25, 0.3) is 0 Å². The zero-order valence-electron chi connectivity index (χ0n) is 20.6. The predicted octanol–water partition coefficient (Wildman–Crippen LogP) is 4.12. The Kier molecular flexibility index (Phi) is 14.4. The summed E-state index contributed by atoms with van der Waals surface area (Å²) in [4.78, 5) is 47.3. The van der Waals surface area contributed by atoms with Gasteiger partial charge in [-0.15, -0.1) is 23.5 Å². The highest BCUT2D eigenvalue weighted by atomic mass is 32.2. The quantitative estimate of drug-likeness (QED) is 0.106. The number of carbonyl (C=O) groups is 4. The van der Waals surface area contributed by atoms with E-state index in [2.05, 4.69) is 13.2 Å². The molecule has 0 aliphatic rings. The zero-order valence-corrected chi connectivity index (χ0v) is 23.1. The van der Waals surface area contributed by atoms with Crippen LogP contribution in [0.15, 0.2) is 24.3 Å². The minimum absolute atomic E-state index is 0.0452. The van der Waals surface area contributed by atoms with Crippen molar-refractivity contribution in [1.82, 2.24) is 0 Å². The van der Waals surface area contributed by atoms with Crippen LogP contribution >= 0.6 is 35.7 Å². The molecule has 0 aromatic heterocycles. The Labute approximate surface area is 215 Å². The fourth-order valence-electron chi connectivity index (χ4n) is 1.81. The van der Waals surface area contributed by atoms with Gasteiger partial charge in [0.2, 0.25) is 0 Å². The van der Waals surface area contributed by atoms with Crippen molar-refractivity contribution >= 4 is 63.1 Å². The highest BCUT2D eigenvalue weighted by Gasteiger charge is 2.32. The van der Waals surface area contributed by atoms with E-state index in [9.17, 15) is 19.2 Å². The highest BCUT2D eigenvalue weighted by molar-refractivity contribution is 8.47. The number of thioether (sulfide) groups is 2. The summed E-state index contributed by atoms with van der Waals surface area (Å²) in [6.07, 6.45) is 0. The predicted molar refractivity (Wildman–Crippen MR) is 139 cm³/mol. The maximum Gasteiger partial charge on any atom is 0.333 e. The molecule has 0 fully saturated rings. The molecule has 192 valence electrons. The molecule has 0 aliphatic heterocycles. The van der Waals surface area contributed by atoms with Gasteiger partial charge < -0.3 is 18.9 Å². The van der Waals surface area contributed by atoms with E-state index in [0.717, 1.165) is 0 Å². The third-order valence-electron chi connectivity index (χ3n) is 4.00. The minimum Gasteiger partial charge on any atom is -0.462 e. The van der Waals surface area contributed by atoms with Crippen molar-refractivity contribution in [1.29, 1.82) is 0 Å². The summed E-state index contributed by atoms with van der Waals surface area (Å²) in [5, 5.41) is 0. The second-order valence-electron chi connectivity index (χ2n) is 8.70. The van der Waals surface area contributed by atoms with Crippen molar-refractivity contribution in [3.8, 4) is 0 Å². The van der Waals surface area contributed by atoms with Crippen molar-refractivity contribution in [2.24, 2.45) is 10.8 Å². The Hall–Kier alpha value is -1.85. The molecule has 0 saturated heterocycles. The molecule has 0 rings (SSSR count). The largest absolute Gasteiger partial charge is 0.462 e. The Balaban J connectivity index is 4.33. The van der Waals surface area contributed by atoms with Gasteiger partial charge in [-0.25, -0.2) is 9.59 Å². The number of thiocarbonyl (C=S) groups is 1. The van der Waals surface area contributed by atoms with Crippen LogP contribution in [-0.2, 0) is 38.1 Å². The van der Waals surface area contributed by atoms with Gasteiger partial charge in [0.15, 0.2) is 0 Å². The van der Waals surface area contributed by atoms with Crippen LogP contribution in [0, 0.1) is 10.8 Å². The Morgan fingerprint density at radius 2 is 0.971 bits per heavy atom. The first-order valence-corrected chi connectivity index (χ1v) is 12.8. The van der Waals surface area contributed by atoms with Gasteiger partial charge in [-0.2, -0.15) is 0 Å². The molecule has 0 saturated carbocycles. The second-order valence-corrected chi connectivity index (χ2v) is 11.9. The molecule has 0 aromatic rings. The molecule has 0 radical (unpaired) electrons. The van der Waals surface area contributed by atoms with E-state index in [4.69, 9.17) is 31.2 Å². The van der Waals surface area contributed by atoms with Gasteiger partial charge in [0, 0.05) is 22.7 Å². The number of hydrogen-bond acceptors (Lipinski definition) is 11. The summed E-state index contributed by atoms with van der Waals surface area (Å²) < 4.78 is 20.7. The first-order chi connectivity index (χ1) is 15.6. The lowest BCUT2D eigenvalue weighted by molar-refractivity contribution is -0.157. The van der Waals surface area contributed by atoms with Gasteiger partial charge in [0.25, 0.3) is 0 Å². The van der Waals surface area contributed by atoms with Crippen LogP contribution < -0.4 is 0 Å². The smallest absolute Gasteiger partial charge is 0.333 e. The normalized spacial score (nSPS) is 11.2. The molecule has 0 aliphatic carbocycles. The number of carbonyl (C=O) groups excluding carboxylic acids is 4. The average molecular weight is 535 g/mol. The maximum atomic E-state index is 12.3. The summed E-state index contributed by atoms with van der Waals surface area (Å²) in [6, 6.07) is 0. The van der Waals surface area contributed by atoms with E-state index >= 15 is 0 Å². The van der Waals surface area contributed by atoms with Crippen molar-refractivity contribution in [3.05, 3.63) is 24.3 Å². The molecule has 34 heavy (non-hydrogen) atoms. The van der Waals surface area contributed by atoms with Crippen molar-refractivity contribution in [3.63, 3.8) is 0 Å². The fourth-order valence-corrected chi connectivity index (χ4v) is 4.05. The van der Waals surface area contributed by atoms with Crippen molar-refractivity contribution < 1.29 is 38.1 Å². The van der Waals surface area contributed by atoms with E-state index in [0.29, 0.717) is 15.0 Å². The first kappa shape index (κ1) is 32.1. The molecule has 0 atom stereocenters. The summed E-state index contributed by atoms with van der Waals surface area (Å²) >= 11 is 8.01. The number of ether oxygens (including phenoxy) is 4. The molecule has 0 spiro atoms. The molecule has 0 N–H and O–H groups in total. The van der Waals surface area contributed by atoms with Crippen molar-refractivity contribution in [2.45, 2.75) is 41.5 Å². The van der Waals surface area contributed by atoms with E-state index in [1.54, 1.807) is 27.7 Å². The molecule has 0 unspecified atom stereocenters. The molecular weight excluding hydrogens is 500 g/mol. The molecule has 8 nitrogen and oxygen atoms in total. The molecule has 0 bridgehead atoms. The lowest BCUT2D eigenvalue weighted by atomic mass is 9.97. The monoisotopic (exact) mass is 534 g/mol. The lowest BCUT2D eigenvalue weighted by Crippen LogP contribution is -2.31. The Morgan fingerprint density at radius 3 is 1.26 bits per heavy atom. The third-order valence-corrected chi connectivity index (χ3v) is 7.62. The molecule has 0 aromatic carbocycles. The average Bonchev–Trinajstić information content (AvgIpc) is 2.75. The van der Waals surface area contributed by atoms with Crippen LogP contribution in [0.4, 0.5) is 0 Å². The summed E-state index contributed by atoms with van der Waals surface area (Å²) in [6.45, 7) is 16.8. The topological polar surface area (TPSA) is 105 Å². The van der Waals surface area contributed by atoms with Gasteiger partial charge >= 0.3 is 23.9 Å². The molecular formula is C23H34O8S3. The summed E-state index contributed by atoms with van der Waals surface area (Å²) in [5.74, 6) is -1.19. The fraction of sp³-hybridized carbons (Fsp3) is 0.609. The number of rotatable bonds is 14. The SMILES string of the molecule is C=C(C)C(=O)OCCOC(=O)C(C)(C)CSC(=S)SCC(C)(C)C(=O)OCCOC(=O)C(=C)C. The number of hydrogen-bond donors (Lipinski definition) is 0. The lowest BCUT2D eigenvalue weighted by Gasteiger charge is -2.24. The Morgan fingerprint density at radius 1 is 0.676 bits per heavy atom. The second kappa shape index (κ2) is 15.2. The van der Waals surface area contributed by atoms with Crippen LogP contribution in [0.1, 0.15) is 41.5 Å². The van der Waals surface area contributed by atoms with E-state index in [-0.39, 0.29) is 37.6 Å². The van der Waals surface area contributed by atoms with E-state index in [1.807, 2.05) is 0 Å². The molecule has 11 heteroatoms. The third kappa shape index (κ3) is 13.1. The van der Waals surface area contributed by atoms with Crippen molar-refractivity contribution in [2.75, 3.05) is 37.9 Å². The number of esters is 4. The van der Waals surface area contributed by atoms with Crippen LogP contribution in [0.2, 0.25) is 0 Å². The van der Waals surface area contributed by atoms with Gasteiger partial charge in [-0.05, 0) is 41.5 Å². The van der Waals surface area contributed by atoms with Gasteiger partial charge in [-0.3, -0.25) is 9.59 Å². The minimum atomic E-state index is -0.816. The van der Waals surface area contributed by atoms with E-state index in [1.165, 1.54) is 37.4 Å². The van der Waals surface area contributed by atoms with Gasteiger partial charge in [-0.1, -0.05) is 25.4 Å². The van der Waals surface area contributed by atoms with Crippen LogP contribution in [0.5, 0.6) is 0 Å². The van der Waals surface area contributed by atoms with Crippen LogP contribution in [0.3, 0.4) is 0 Å². The standard InChI is InChI=1S/C23H34O8S3/c1-15(2)17(24)28-9-11-30-19(26)22(5,6)13-33-21(32)34-14-23(7,8)20(27)31-12-10-29-18(25)16(3)4/h1,3,9-14H2,2,4-8H3. The van der Waals surface area contributed by atoms with Crippen LogP contribution in [-0.4, -0.2) is 65.3 Å². The zero-order chi connectivity index (χ0) is 26.5.